The third kappa shape index (κ3) is 4.81. The van der Waals surface area contributed by atoms with Crippen molar-refractivity contribution in [3.05, 3.63) is 89.0 Å². The van der Waals surface area contributed by atoms with Gasteiger partial charge in [-0.25, -0.2) is 9.67 Å². The van der Waals surface area contributed by atoms with Gasteiger partial charge in [0.2, 0.25) is 5.91 Å². The Morgan fingerprint density at radius 2 is 1.86 bits per heavy atom. The molecule has 0 fully saturated rings. The highest BCUT2D eigenvalue weighted by atomic mass is 79.9. The van der Waals surface area contributed by atoms with E-state index in [0.717, 1.165) is 15.6 Å². The number of aromatic nitrogens is 3. The number of benzene rings is 2. The van der Waals surface area contributed by atoms with E-state index in [9.17, 15) is 4.79 Å². The van der Waals surface area contributed by atoms with Gasteiger partial charge >= 0.3 is 0 Å². The molecule has 0 saturated carbocycles. The quantitative estimate of drug-likeness (QED) is 0.433. The number of rotatable bonds is 7. The van der Waals surface area contributed by atoms with E-state index in [1.54, 1.807) is 23.1 Å². The van der Waals surface area contributed by atoms with Crippen molar-refractivity contribution >= 4 is 27.7 Å². The number of oxazole rings is 1. The number of amides is 1. The third-order valence-corrected chi connectivity index (χ3v) is 5.21. The standard InChI is InChI=1S/C22H19BrN4O2/c23-18-9-5-4-8-17(18)15-27-20(12-13-25-27)26-21(28)10-11-22-24-14-19(29-22)16-6-2-1-3-7-16/h1-9,12-14H,10-11,15H2,(H,26,28). The van der Waals surface area contributed by atoms with Gasteiger partial charge in [0.1, 0.15) is 5.82 Å². The number of aryl methyl sites for hydroxylation is 1. The van der Waals surface area contributed by atoms with Crippen LogP contribution in [0.4, 0.5) is 5.82 Å². The number of hydrogen-bond acceptors (Lipinski definition) is 4. The zero-order valence-electron chi connectivity index (χ0n) is 15.6. The summed E-state index contributed by atoms with van der Waals surface area (Å²) >= 11 is 3.54. The van der Waals surface area contributed by atoms with Crippen molar-refractivity contribution in [2.24, 2.45) is 0 Å². The number of hydrogen-bond donors (Lipinski definition) is 1. The summed E-state index contributed by atoms with van der Waals surface area (Å²) in [6, 6.07) is 19.5. The molecule has 4 rings (SSSR count). The van der Waals surface area contributed by atoms with Crippen molar-refractivity contribution in [1.82, 2.24) is 14.8 Å². The van der Waals surface area contributed by atoms with Crippen molar-refractivity contribution in [2.75, 3.05) is 5.32 Å². The maximum atomic E-state index is 12.4. The van der Waals surface area contributed by atoms with Crippen LogP contribution in [0.3, 0.4) is 0 Å². The minimum Gasteiger partial charge on any atom is -0.441 e. The topological polar surface area (TPSA) is 73.0 Å². The lowest BCUT2D eigenvalue weighted by molar-refractivity contribution is -0.116. The Morgan fingerprint density at radius 3 is 2.69 bits per heavy atom. The predicted octanol–water partition coefficient (Wildman–Crippen LogP) is 4.92. The van der Waals surface area contributed by atoms with Crippen LogP contribution < -0.4 is 5.32 Å². The van der Waals surface area contributed by atoms with Crippen molar-refractivity contribution in [2.45, 2.75) is 19.4 Å². The zero-order chi connectivity index (χ0) is 20.1. The van der Waals surface area contributed by atoms with E-state index < -0.39 is 0 Å². The fourth-order valence-electron chi connectivity index (χ4n) is 2.94. The molecular formula is C22H19BrN4O2. The van der Waals surface area contributed by atoms with Crippen LogP contribution in [0, 0.1) is 0 Å². The second kappa shape index (κ2) is 8.87. The van der Waals surface area contributed by atoms with Crippen LogP contribution >= 0.6 is 15.9 Å². The van der Waals surface area contributed by atoms with E-state index in [1.807, 2.05) is 54.6 Å². The highest BCUT2D eigenvalue weighted by Gasteiger charge is 2.12. The molecule has 29 heavy (non-hydrogen) atoms. The molecule has 2 heterocycles. The van der Waals surface area contributed by atoms with Crippen molar-refractivity contribution in [3.8, 4) is 11.3 Å². The molecule has 0 aliphatic rings. The molecule has 1 N–H and O–H groups in total. The molecule has 0 aliphatic heterocycles. The van der Waals surface area contributed by atoms with Crippen LogP contribution in [-0.2, 0) is 17.8 Å². The number of nitrogens with zero attached hydrogens (tertiary/aromatic N) is 3. The van der Waals surface area contributed by atoms with Crippen LogP contribution in [0.5, 0.6) is 0 Å². The summed E-state index contributed by atoms with van der Waals surface area (Å²) in [6.07, 6.45) is 4.06. The van der Waals surface area contributed by atoms with Gasteiger partial charge < -0.3 is 9.73 Å². The van der Waals surface area contributed by atoms with Gasteiger partial charge in [0.05, 0.1) is 18.9 Å². The van der Waals surface area contributed by atoms with Gasteiger partial charge in [-0.3, -0.25) is 4.79 Å². The molecule has 146 valence electrons. The molecule has 2 aromatic carbocycles. The Bertz CT molecular complexity index is 1100. The van der Waals surface area contributed by atoms with Gasteiger partial charge in [-0.15, -0.1) is 0 Å². The number of carbonyl (C=O) groups excluding carboxylic acids is 1. The largest absolute Gasteiger partial charge is 0.441 e. The summed E-state index contributed by atoms with van der Waals surface area (Å²) in [5.41, 5.74) is 2.05. The van der Waals surface area contributed by atoms with Gasteiger partial charge in [-0.2, -0.15) is 5.10 Å². The number of halogens is 1. The predicted molar refractivity (Wildman–Crippen MR) is 114 cm³/mol. The second-order valence-electron chi connectivity index (χ2n) is 6.50. The van der Waals surface area contributed by atoms with E-state index >= 15 is 0 Å². The summed E-state index contributed by atoms with van der Waals surface area (Å²) < 4.78 is 8.52. The molecular weight excluding hydrogens is 432 g/mol. The Kier molecular flexibility index (Phi) is 5.86. The Labute approximate surface area is 176 Å². The Morgan fingerprint density at radius 1 is 1.07 bits per heavy atom. The molecule has 0 aliphatic carbocycles. The number of nitrogens with one attached hydrogen (secondary N) is 1. The van der Waals surface area contributed by atoms with Crippen LogP contribution in [0.1, 0.15) is 17.9 Å². The van der Waals surface area contributed by atoms with Crippen molar-refractivity contribution in [3.63, 3.8) is 0 Å². The SMILES string of the molecule is O=C(CCc1ncc(-c2ccccc2)o1)Nc1ccnn1Cc1ccccc1Br. The van der Waals surface area contributed by atoms with Crippen molar-refractivity contribution < 1.29 is 9.21 Å². The van der Waals surface area contributed by atoms with Gasteiger partial charge in [0.15, 0.2) is 11.7 Å². The summed E-state index contributed by atoms with van der Waals surface area (Å²) in [5.74, 6) is 1.79. The highest BCUT2D eigenvalue weighted by molar-refractivity contribution is 9.10. The van der Waals surface area contributed by atoms with Gasteiger partial charge in [0.25, 0.3) is 0 Å². The number of carbonyl (C=O) groups is 1. The first-order chi connectivity index (χ1) is 14.2. The van der Waals surface area contributed by atoms with Gasteiger partial charge in [0, 0.05) is 28.9 Å². The molecule has 4 aromatic rings. The summed E-state index contributed by atoms with van der Waals surface area (Å²) in [7, 11) is 0. The van der Waals surface area contributed by atoms with E-state index in [4.69, 9.17) is 4.42 Å². The van der Waals surface area contributed by atoms with Crippen molar-refractivity contribution in [1.29, 1.82) is 0 Å². The molecule has 7 heteroatoms. The Hall–Kier alpha value is -3.19. The first-order valence-electron chi connectivity index (χ1n) is 9.24. The molecule has 6 nitrogen and oxygen atoms in total. The summed E-state index contributed by atoms with van der Waals surface area (Å²) in [6.45, 7) is 0.560. The maximum Gasteiger partial charge on any atom is 0.226 e. The van der Waals surface area contributed by atoms with Crippen LogP contribution in [0.2, 0.25) is 0 Å². The Balaban J connectivity index is 1.35. The molecule has 0 spiro atoms. The van der Waals surface area contributed by atoms with Gasteiger partial charge in [-0.1, -0.05) is 64.5 Å². The normalized spacial score (nSPS) is 10.8. The molecule has 1 amide bonds. The average Bonchev–Trinajstić information content (AvgIpc) is 3.39. The molecule has 0 bridgehead atoms. The summed E-state index contributed by atoms with van der Waals surface area (Å²) in [4.78, 5) is 16.7. The van der Waals surface area contributed by atoms with E-state index in [1.165, 1.54) is 0 Å². The van der Waals surface area contributed by atoms with Crippen LogP contribution in [0.25, 0.3) is 11.3 Å². The lowest BCUT2D eigenvalue weighted by Gasteiger charge is -2.10. The van der Waals surface area contributed by atoms with E-state index in [-0.39, 0.29) is 12.3 Å². The van der Waals surface area contributed by atoms with Crippen LogP contribution in [0.15, 0.2) is 81.9 Å². The lowest BCUT2D eigenvalue weighted by Crippen LogP contribution is -2.16. The second-order valence-corrected chi connectivity index (χ2v) is 7.35. The van der Waals surface area contributed by atoms with E-state index in [0.29, 0.717) is 30.4 Å². The molecule has 0 unspecified atom stereocenters. The average molecular weight is 451 g/mol. The molecule has 2 aromatic heterocycles. The number of anilines is 1. The summed E-state index contributed by atoms with van der Waals surface area (Å²) in [5, 5.41) is 7.23. The third-order valence-electron chi connectivity index (χ3n) is 4.44. The van der Waals surface area contributed by atoms with Gasteiger partial charge in [-0.05, 0) is 11.6 Å². The minimum absolute atomic E-state index is 0.113. The first-order valence-corrected chi connectivity index (χ1v) is 10.0. The monoisotopic (exact) mass is 450 g/mol. The highest BCUT2D eigenvalue weighted by Crippen LogP contribution is 2.21. The van der Waals surface area contributed by atoms with Crippen LogP contribution in [-0.4, -0.2) is 20.7 Å². The molecule has 0 saturated heterocycles. The molecule has 0 atom stereocenters. The minimum atomic E-state index is -0.113. The fraction of sp³-hybridized carbons (Fsp3) is 0.136. The zero-order valence-corrected chi connectivity index (χ0v) is 17.2. The molecule has 0 radical (unpaired) electrons. The lowest BCUT2D eigenvalue weighted by atomic mass is 10.2. The first kappa shape index (κ1) is 19.1. The fourth-order valence-corrected chi connectivity index (χ4v) is 3.35. The smallest absolute Gasteiger partial charge is 0.226 e. The maximum absolute atomic E-state index is 12.4. The van der Waals surface area contributed by atoms with E-state index in [2.05, 4.69) is 31.3 Å².